The van der Waals surface area contributed by atoms with Crippen molar-refractivity contribution >= 4 is 11.8 Å². The topological polar surface area (TPSA) is 70.7 Å². The van der Waals surface area contributed by atoms with Crippen LogP contribution in [0.1, 0.15) is 43.0 Å². The van der Waals surface area contributed by atoms with Crippen LogP contribution >= 0.6 is 0 Å². The van der Waals surface area contributed by atoms with Gasteiger partial charge in [-0.1, -0.05) is 6.07 Å². The lowest BCUT2D eigenvalue weighted by atomic mass is 9.90. The Morgan fingerprint density at radius 1 is 1.25 bits per heavy atom. The molecule has 3 heterocycles. The van der Waals surface area contributed by atoms with Crippen molar-refractivity contribution in [2.24, 2.45) is 5.92 Å². The fourth-order valence-electron chi connectivity index (χ4n) is 4.80. The lowest BCUT2D eigenvalue weighted by molar-refractivity contribution is -0.133. The van der Waals surface area contributed by atoms with Crippen LogP contribution in [0, 0.1) is 11.7 Å². The largest absolute Gasteiger partial charge is 0.376 e. The average Bonchev–Trinajstić information content (AvgIpc) is 2.87. The third kappa shape index (κ3) is 4.20. The maximum atomic E-state index is 13.3. The molecule has 2 N–H and O–H groups in total. The summed E-state index contributed by atoms with van der Waals surface area (Å²) >= 11 is 0. The minimum absolute atomic E-state index is 0.0700. The van der Waals surface area contributed by atoms with Gasteiger partial charge < -0.3 is 15.4 Å². The Hall–Kier alpha value is -1.99. The molecule has 2 unspecified atom stereocenters. The van der Waals surface area contributed by atoms with Gasteiger partial charge in [0.1, 0.15) is 5.82 Å². The Morgan fingerprint density at radius 3 is 2.57 bits per heavy atom. The monoisotopic (exact) mass is 389 g/mol. The standard InChI is InChI=1S/C21H28FN3O3/c1-21(12-28-13-21)24-19(26)11-25-17-5-6-18(25)8-14(7-17)10-23-20(27)15-3-2-4-16(22)9-15/h2-4,9,14,17-18H,5-8,10-13H2,1H3,(H,23,27)(H,24,26). The van der Waals surface area contributed by atoms with E-state index >= 15 is 0 Å². The quantitative estimate of drug-likeness (QED) is 0.777. The number of hydrogen-bond donors (Lipinski definition) is 2. The highest BCUT2D eigenvalue weighted by Crippen LogP contribution is 2.38. The van der Waals surface area contributed by atoms with Crippen LogP contribution in [-0.4, -0.2) is 60.6 Å². The van der Waals surface area contributed by atoms with E-state index in [1.807, 2.05) is 6.92 Å². The molecule has 4 rings (SSSR count). The molecular formula is C21H28FN3O3. The van der Waals surface area contributed by atoms with Crippen LogP contribution in [0.3, 0.4) is 0 Å². The summed E-state index contributed by atoms with van der Waals surface area (Å²) in [4.78, 5) is 27.0. The van der Waals surface area contributed by atoms with Gasteiger partial charge in [0.05, 0.1) is 25.3 Å². The Kier molecular flexibility index (Phi) is 5.38. The van der Waals surface area contributed by atoms with E-state index in [4.69, 9.17) is 4.74 Å². The first-order chi connectivity index (χ1) is 13.4. The number of nitrogens with one attached hydrogen (secondary N) is 2. The Balaban J connectivity index is 1.26. The second kappa shape index (κ2) is 7.79. The molecule has 28 heavy (non-hydrogen) atoms. The van der Waals surface area contributed by atoms with Crippen molar-refractivity contribution in [3.05, 3.63) is 35.6 Å². The van der Waals surface area contributed by atoms with Crippen LogP contribution in [0.2, 0.25) is 0 Å². The van der Waals surface area contributed by atoms with E-state index in [2.05, 4.69) is 15.5 Å². The molecule has 7 heteroatoms. The summed E-state index contributed by atoms with van der Waals surface area (Å²) in [5.41, 5.74) is 0.140. The summed E-state index contributed by atoms with van der Waals surface area (Å²) in [5, 5.41) is 6.04. The number of carbonyl (C=O) groups is 2. The molecular weight excluding hydrogens is 361 g/mol. The molecule has 0 aliphatic carbocycles. The van der Waals surface area contributed by atoms with Crippen molar-refractivity contribution in [1.29, 1.82) is 0 Å². The van der Waals surface area contributed by atoms with Gasteiger partial charge in [-0.2, -0.15) is 0 Å². The van der Waals surface area contributed by atoms with Gasteiger partial charge in [-0.25, -0.2) is 4.39 Å². The molecule has 0 aromatic heterocycles. The van der Waals surface area contributed by atoms with Crippen molar-refractivity contribution in [3.8, 4) is 0 Å². The van der Waals surface area contributed by atoms with Crippen molar-refractivity contribution < 1.29 is 18.7 Å². The second-order valence-electron chi connectivity index (χ2n) is 8.72. The highest BCUT2D eigenvalue weighted by molar-refractivity contribution is 5.94. The van der Waals surface area contributed by atoms with Crippen molar-refractivity contribution in [3.63, 3.8) is 0 Å². The zero-order valence-corrected chi connectivity index (χ0v) is 16.2. The summed E-state index contributed by atoms with van der Waals surface area (Å²) < 4.78 is 18.5. The first kappa shape index (κ1) is 19.3. The molecule has 2 atom stereocenters. The molecule has 0 saturated carbocycles. The molecule has 3 fully saturated rings. The number of benzene rings is 1. The van der Waals surface area contributed by atoms with Gasteiger partial charge in [-0.15, -0.1) is 0 Å². The minimum atomic E-state index is -0.403. The molecule has 3 saturated heterocycles. The van der Waals surface area contributed by atoms with E-state index in [0.717, 1.165) is 25.7 Å². The van der Waals surface area contributed by atoms with Crippen molar-refractivity contribution in [1.82, 2.24) is 15.5 Å². The third-order valence-corrected chi connectivity index (χ3v) is 6.23. The maximum Gasteiger partial charge on any atom is 0.251 e. The highest BCUT2D eigenvalue weighted by Gasteiger charge is 2.42. The summed E-state index contributed by atoms with van der Waals surface area (Å²) in [7, 11) is 0. The zero-order valence-electron chi connectivity index (χ0n) is 16.2. The van der Waals surface area contributed by atoms with Gasteiger partial charge >= 0.3 is 0 Å². The Bertz CT molecular complexity index is 738. The molecule has 6 nitrogen and oxygen atoms in total. The molecule has 0 spiro atoms. The van der Waals surface area contributed by atoms with Gasteiger partial charge in [0, 0.05) is 24.2 Å². The number of hydrogen-bond acceptors (Lipinski definition) is 4. The minimum Gasteiger partial charge on any atom is -0.376 e. The van der Waals surface area contributed by atoms with E-state index in [1.165, 1.54) is 12.1 Å². The van der Waals surface area contributed by atoms with Gasteiger partial charge in [0.25, 0.3) is 5.91 Å². The lowest BCUT2D eigenvalue weighted by Gasteiger charge is -2.41. The summed E-state index contributed by atoms with van der Waals surface area (Å²) in [6.07, 6.45) is 4.17. The fraction of sp³-hybridized carbons (Fsp3) is 0.619. The predicted molar refractivity (Wildman–Crippen MR) is 102 cm³/mol. The number of amides is 2. The average molecular weight is 389 g/mol. The van der Waals surface area contributed by atoms with Gasteiger partial charge in [0.15, 0.2) is 0 Å². The summed E-state index contributed by atoms with van der Waals surface area (Å²) in [5.74, 6) is -0.170. The SMILES string of the molecule is CC1(NC(=O)CN2C3CCC2CC(CNC(=O)c2cccc(F)c2)C3)COC1. The number of nitrogens with zero attached hydrogens (tertiary/aromatic N) is 1. The molecule has 3 aliphatic rings. The van der Waals surface area contributed by atoms with Crippen LogP contribution in [-0.2, 0) is 9.53 Å². The molecule has 2 bridgehead atoms. The molecule has 152 valence electrons. The second-order valence-corrected chi connectivity index (χ2v) is 8.72. The highest BCUT2D eigenvalue weighted by atomic mass is 19.1. The van der Waals surface area contributed by atoms with Crippen LogP contribution < -0.4 is 10.6 Å². The number of carbonyl (C=O) groups excluding carboxylic acids is 2. The van der Waals surface area contributed by atoms with Crippen LogP contribution in [0.4, 0.5) is 4.39 Å². The van der Waals surface area contributed by atoms with Crippen LogP contribution in [0.25, 0.3) is 0 Å². The Morgan fingerprint density at radius 2 is 1.96 bits per heavy atom. The third-order valence-electron chi connectivity index (χ3n) is 6.23. The maximum absolute atomic E-state index is 13.3. The van der Waals surface area contributed by atoms with E-state index < -0.39 is 5.82 Å². The van der Waals surface area contributed by atoms with E-state index in [0.29, 0.717) is 49.9 Å². The predicted octanol–water partition coefficient (Wildman–Crippen LogP) is 1.70. The van der Waals surface area contributed by atoms with Crippen LogP contribution in [0.5, 0.6) is 0 Å². The summed E-state index contributed by atoms with van der Waals surface area (Å²) in [6, 6.07) is 6.55. The first-order valence-electron chi connectivity index (χ1n) is 10.1. The van der Waals surface area contributed by atoms with Gasteiger partial charge in [0.2, 0.25) is 5.91 Å². The van der Waals surface area contributed by atoms with Gasteiger partial charge in [-0.05, 0) is 56.7 Å². The van der Waals surface area contributed by atoms with E-state index in [1.54, 1.807) is 12.1 Å². The molecule has 3 aliphatic heterocycles. The normalized spacial score (nSPS) is 28.4. The zero-order chi connectivity index (χ0) is 19.7. The first-order valence-corrected chi connectivity index (χ1v) is 10.1. The van der Waals surface area contributed by atoms with Gasteiger partial charge in [-0.3, -0.25) is 14.5 Å². The number of fused-ring (bicyclic) bond motifs is 2. The van der Waals surface area contributed by atoms with Crippen LogP contribution in [0.15, 0.2) is 24.3 Å². The van der Waals surface area contributed by atoms with Crippen molar-refractivity contribution in [2.45, 2.75) is 50.2 Å². The number of halogens is 1. The Labute approximate surface area is 164 Å². The van der Waals surface area contributed by atoms with E-state index in [-0.39, 0.29) is 17.4 Å². The fourth-order valence-corrected chi connectivity index (χ4v) is 4.80. The lowest BCUT2D eigenvalue weighted by Crippen LogP contribution is -2.62. The number of ether oxygens (including phenoxy) is 1. The smallest absolute Gasteiger partial charge is 0.251 e. The van der Waals surface area contributed by atoms with E-state index in [9.17, 15) is 14.0 Å². The number of rotatable bonds is 6. The number of piperidine rings is 1. The molecule has 1 aromatic carbocycles. The molecule has 2 amide bonds. The molecule has 0 radical (unpaired) electrons. The summed E-state index contributed by atoms with van der Waals surface area (Å²) in [6.45, 7) is 4.21. The molecule has 1 aromatic rings. The van der Waals surface area contributed by atoms with Crippen molar-refractivity contribution in [2.75, 3.05) is 26.3 Å².